The van der Waals surface area contributed by atoms with E-state index >= 15 is 0 Å². The molecule has 2 aliphatic rings. The SMILES string of the molecule is O=C(CNc1cccnc1)N1C[C@H]2C[C@@H](Oc3ccc(F)cc3)[C@H](O)C[C@H]2C1. The number of hydrogen-bond acceptors (Lipinski definition) is 5. The molecule has 148 valence electrons. The number of rotatable bonds is 5. The highest BCUT2D eigenvalue weighted by molar-refractivity contribution is 5.81. The third kappa shape index (κ3) is 4.25. The molecule has 1 aromatic carbocycles. The maximum absolute atomic E-state index is 13.1. The number of ether oxygens (including phenoxy) is 1. The van der Waals surface area contributed by atoms with Gasteiger partial charge in [-0.25, -0.2) is 4.39 Å². The summed E-state index contributed by atoms with van der Waals surface area (Å²) in [4.78, 5) is 18.5. The highest BCUT2D eigenvalue weighted by Gasteiger charge is 2.43. The lowest BCUT2D eigenvalue weighted by Gasteiger charge is -2.35. The molecule has 1 saturated heterocycles. The van der Waals surface area contributed by atoms with Gasteiger partial charge in [-0.1, -0.05) is 0 Å². The molecule has 1 saturated carbocycles. The van der Waals surface area contributed by atoms with Crippen LogP contribution in [0.1, 0.15) is 12.8 Å². The number of carbonyl (C=O) groups excluding carboxylic acids is 1. The van der Waals surface area contributed by atoms with Gasteiger partial charge in [0.2, 0.25) is 5.91 Å². The van der Waals surface area contributed by atoms with Crippen molar-refractivity contribution < 1.29 is 19.0 Å². The normalized spacial score (nSPS) is 26.6. The molecular weight excluding hydrogens is 361 g/mol. The summed E-state index contributed by atoms with van der Waals surface area (Å²) in [5, 5.41) is 13.6. The average molecular weight is 385 g/mol. The zero-order valence-electron chi connectivity index (χ0n) is 15.5. The quantitative estimate of drug-likeness (QED) is 0.826. The molecule has 0 spiro atoms. The number of nitrogens with zero attached hydrogens (tertiary/aromatic N) is 2. The summed E-state index contributed by atoms with van der Waals surface area (Å²) in [6.07, 6.45) is 3.74. The molecule has 1 aromatic heterocycles. The molecule has 4 atom stereocenters. The Labute approximate surface area is 163 Å². The van der Waals surface area contributed by atoms with Gasteiger partial charge in [0.05, 0.1) is 18.3 Å². The summed E-state index contributed by atoms with van der Waals surface area (Å²) in [5.41, 5.74) is 0.815. The molecule has 0 radical (unpaired) electrons. The van der Waals surface area contributed by atoms with Crippen LogP contribution >= 0.6 is 0 Å². The van der Waals surface area contributed by atoms with E-state index in [2.05, 4.69) is 10.3 Å². The number of fused-ring (bicyclic) bond motifs is 1. The first-order chi connectivity index (χ1) is 13.6. The van der Waals surface area contributed by atoms with Crippen molar-refractivity contribution in [1.29, 1.82) is 0 Å². The lowest BCUT2D eigenvalue weighted by molar-refractivity contribution is -0.128. The van der Waals surface area contributed by atoms with Gasteiger partial charge in [0.1, 0.15) is 17.7 Å². The molecule has 7 heteroatoms. The second kappa shape index (κ2) is 8.14. The minimum Gasteiger partial charge on any atom is -0.488 e. The first-order valence-corrected chi connectivity index (χ1v) is 9.60. The van der Waals surface area contributed by atoms with Crippen LogP contribution in [0.25, 0.3) is 0 Å². The number of aromatic nitrogens is 1. The van der Waals surface area contributed by atoms with E-state index in [1.807, 2.05) is 17.0 Å². The number of halogens is 1. The van der Waals surface area contributed by atoms with E-state index in [4.69, 9.17) is 4.74 Å². The van der Waals surface area contributed by atoms with Crippen LogP contribution in [0.2, 0.25) is 0 Å². The molecule has 0 unspecified atom stereocenters. The van der Waals surface area contributed by atoms with Crippen LogP contribution in [0.15, 0.2) is 48.8 Å². The van der Waals surface area contributed by atoms with Crippen molar-refractivity contribution in [2.45, 2.75) is 25.0 Å². The Morgan fingerprint density at radius 3 is 2.68 bits per heavy atom. The van der Waals surface area contributed by atoms with Gasteiger partial charge < -0.3 is 20.1 Å². The predicted octanol–water partition coefficient (Wildman–Crippen LogP) is 2.31. The van der Waals surface area contributed by atoms with Gasteiger partial charge in [-0.3, -0.25) is 9.78 Å². The van der Waals surface area contributed by atoms with Crippen molar-refractivity contribution in [3.63, 3.8) is 0 Å². The number of pyridine rings is 1. The molecule has 2 aromatic rings. The van der Waals surface area contributed by atoms with E-state index in [1.54, 1.807) is 24.5 Å². The Morgan fingerprint density at radius 2 is 1.96 bits per heavy atom. The summed E-state index contributed by atoms with van der Waals surface area (Å²) in [6, 6.07) is 9.53. The lowest BCUT2D eigenvalue weighted by Crippen LogP contribution is -2.42. The molecule has 1 amide bonds. The van der Waals surface area contributed by atoms with Crippen LogP contribution < -0.4 is 10.1 Å². The van der Waals surface area contributed by atoms with Crippen LogP contribution in [0.4, 0.5) is 10.1 Å². The Kier molecular flexibility index (Phi) is 5.43. The van der Waals surface area contributed by atoms with Gasteiger partial charge in [-0.05, 0) is 61.1 Å². The van der Waals surface area contributed by atoms with E-state index in [0.717, 1.165) is 5.69 Å². The Balaban J connectivity index is 1.32. The third-order valence-corrected chi connectivity index (χ3v) is 5.64. The minimum atomic E-state index is -0.588. The van der Waals surface area contributed by atoms with Crippen LogP contribution in [-0.2, 0) is 4.79 Å². The molecule has 0 bridgehead atoms. The van der Waals surface area contributed by atoms with Crippen LogP contribution in [0.3, 0.4) is 0 Å². The van der Waals surface area contributed by atoms with Crippen molar-refractivity contribution in [2.75, 3.05) is 25.0 Å². The molecule has 2 fully saturated rings. The predicted molar refractivity (Wildman–Crippen MR) is 102 cm³/mol. The second-order valence-corrected chi connectivity index (χ2v) is 7.56. The number of aliphatic hydroxyl groups excluding tert-OH is 1. The molecule has 2 heterocycles. The van der Waals surface area contributed by atoms with Gasteiger partial charge in [0.25, 0.3) is 0 Å². The number of amides is 1. The number of aliphatic hydroxyl groups is 1. The summed E-state index contributed by atoms with van der Waals surface area (Å²) in [7, 11) is 0. The highest BCUT2D eigenvalue weighted by atomic mass is 19.1. The minimum absolute atomic E-state index is 0.0451. The van der Waals surface area contributed by atoms with Crippen molar-refractivity contribution in [3.8, 4) is 5.75 Å². The van der Waals surface area contributed by atoms with Gasteiger partial charge in [0.15, 0.2) is 0 Å². The third-order valence-electron chi connectivity index (χ3n) is 5.64. The standard InChI is InChI=1S/C21H24FN3O3/c22-16-3-5-18(6-4-16)28-20-9-15-13-25(12-14(15)8-19(20)26)21(27)11-24-17-2-1-7-23-10-17/h1-7,10,14-15,19-20,24,26H,8-9,11-13H2/t14-,15+,19+,20+/m0/s1. The zero-order valence-corrected chi connectivity index (χ0v) is 15.5. The van der Waals surface area contributed by atoms with Crippen LogP contribution in [0.5, 0.6) is 5.75 Å². The van der Waals surface area contributed by atoms with Gasteiger partial charge in [-0.2, -0.15) is 0 Å². The summed E-state index contributed by atoms with van der Waals surface area (Å²) in [5.74, 6) is 0.863. The number of carbonyl (C=O) groups is 1. The van der Waals surface area contributed by atoms with E-state index in [1.165, 1.54) is 12.1 Å². The summed E-state index contributed by atoms with van der Waals surface area (Å²) in [6.45, 7) is 1.57. The van der Waals surface area contributed by atoms with Crippen molar-refractivity contribution in [3.05, 3.63) is 54.6 Å². The Bertz CT molecular complexity index is 802. The molecular formula is C21H24FN3O3. The van der Waals surface area contributed by atoms with E-state index in [-0.39, 0.29) is 30.3 Å². The largest absolute Gasteiger partial charge is 0.488 e. The fraction of sp³-hybridized carbons (Fsp3) is 0.429. The average Bonchev–Trinajstić information content (AvgIpc) is 3.12. The van der Waals surface area contributed by atoms with Crippen molar-refractivity contribution in [2.24, 2.45) is 11.8 Å². The first-order valence-electron chi connectivity index (χ1n) is 9.60. The number of nitrogens with one attached hydrogen (secondary N) is 1. The maximum atomic E-state index is 13.1. The van der Waals surface area contributed by atoms with Crippen molar-refractivity contribution >= 4 is 11.6 Å². The Hall–Kier alpha value is -2.67. The molecule has 2 N–H and O–H groups in total. The summed E-state index contributed by atoms with van der Waals surface area (Å²) < 4.78 is 18.9. The molecule has 1 aliphatic carbocycles. The summed E-state index contributed by atoms with van der Waals surface area (Å²) >= 11 is 0. The van der Waals surface area contributed by atoms with Gasteiger partial charge >= 0.3 is 0 Å². The Morgan fingerprint density at radius 1 is 1.21 bits per heavy atom. The second-order valence-electron chi connectivity index (χ2n) is 7.56. The monoisotopic (exact) mass is 385 g/mol. The first kappa shape index (κ1) is 18.7. The number of hydrogen-bond donors (Lipinski definition) is 2. The smallest absolute Gasteiger partial charge is 0.241 e. The molecule has 6 nitrogen and oxygen atoms in total. The van der Waals surface area contributed by atoms with E-state index in [0.29, 0.717) is 37.6 Å². The van der Waals surface area contributed by atoms with Crippen LogP contribution in [0, 0.1) is 17.7 Å². The van der Waals surface area contributed by atoms with E-state index < -0.39 is 6.10 Å². The zero-order chi connectivity index (χ0) is 19.5. The van der Waals surface area contributed by atoms with Gasteiger partial charge in [-0.15, -0.1) is 0 Å². The molecule has 4 rings (SSSR count). The number of anilines is 1. The fourth-order valence-corrected chi connectivity index (χ4v) is 4.17. The molecule has 28 heavy (non-hydrogen) atoms. The number of benzene rings is 1. The number of likely N-dealkylation sites (tertiary alicyclic amines) is 1. The maximum Gasteiger partial charge on any atom is 0.241 e. The topological polar surface area (TPSA) is 74.7 Å². The highest BCUT2D eigenvalue weighted by Crippen LogP contribution is 2.38. The molecule has 1 aliphatic heterocycles. The van der Waals surface area contributed by atoms with Gasteiger partial charge in [0, 0.05) is 25.5 Å². The van der Waals surface area contributed by atoms with E-state index in [9.17, 15) is 14.3 Å². The van der Waals surface area contributed by atoms with Crippen molar-refractivity contribution in [1.82, 2.24) is 9.88 Å². The van der Waals surface area contributed by atoms with Crippen LogP contribution in [-0.4, -0.2) is 52.7 Å². The lowest BCUT2D eigenvalue weighted by atomic mass is 9.78. The fourth-order valence-electron chi connectivity index (χ4n) is 4.17.